The van der Waals surface area contributed by atoms with Crippen LogP contribution in [-0.4, -0.2) is 55.1 Å². The van der Waals surface area contributed by atoms with E-state index in [1.807, 2.05) is 18.2 Å². The monoisotopic (exact) mass is 316 g/mol. The molecule has 1 saturated carbocycles. The molecule has 0 unspecified atom stereocenters. The van der Waals surface area contributed by atoms with Crippen LogP contribution < -0.4 is 15.5 Å². The van der Waals surface area contributed by atoms with Gasteiger partial charge in [-0.05, 0) is 31.9 Å². The van der Waals surface area contributed by atoms with Crippen LogP contribution in [0.4, 0.5) is 10.5 Å². The third kappa shape index (κ3) is 4.15. The Morgan fingerprint density at radius 2 is 1.74 bits per heavy atom. The van der Waals surface area contributed by atoms with Crippen LogP contribution in [-0.2, 0) is 4.79 Å². The minimum atomic E-state index is -0.491. The molecule has 1 heterocycles. The largest absolute Gasteiger partial charge is 0.368 e. The van der Waals surface area contributed by atoms with Crippen molar-refractivity contribution in [2.24, 2.45) is 0 Å². The van der Waals surface area contributed by atoms with Crippen LogP contribution in [0.5, 0.6) is 0 Å². The first-order valence-electron chi connectivity index (χ1n) is 8.29. The smallest absolute Gasteiger partial charge is 0.318 e. The molecule has 1 aliphatic heterocycles. The summed E-state index contributed by atoms with van der Waals surface area (Å²) < 4.78 is 0. The van der Waals surface area contributed by atoms with Crippen molar-refractivity contribution in [2.45, 2.75) is 31.8 Å². The minimum Gasteiger partial charge on any atom is -0.368 e. The van der Waals surface area contributed by atoms with Crippen LogP contribution in [0.2, 0.25) is 0 Å². The molecule has 23 heavy (non-hydrogen) atoms. The van der Waals surface area contributed by atoms with Crippen LogP contribution in [0.15, 0.2) is 30.3 Å². The number of anilines is 1. The maximum Gasteiger partial charge on any atom is 0.318 e. The van der Waals surface area contributed by atoms with Crippen LogP contribution >= 0.6 is 0 Å². The molecule has 0 radical (unpaired) electrons. The van der Waals surface area contributed by atoms with Crippen molar-refractivity contribution in [1.29, 1.82) is 0 Å². The molecule has 3 amide bonds. The Labute approximate surface area is 136 Å². The number of nitrogens with one attached hydrogen (secondary N) is 2. The Bertz CT molecular complexity index is 551. The van der Waals surface area contributed by atoms with E-state index in [1.54, 1.807) is 11.8 Å². The standard InChI is InChI=1S/C17H24N4O2/c1-13(16(22)19-14-7-8-14)18-17(23)21-11-9-20(10-12-21)15-5-3-2-4-6-15/h2-6,13-14H,7-12H2,1H3,(H,18,23)(H,19,22)/t13-/m1/s1. The molecule has 6 nitrogen and oxygen atoms in total. The second-order valence-corrected chi connectivity index (χ2v) is 6.26. The molecule has 1 atom stereocenters. The second-order valence-electron chi connectivity index (χ2n) is 6.26. The van der Waals surface area contributed by atoms with Gasteiger partial charge in [0.2, 0.25) is 5.91 Å². The van der Waals surface area contributed by atoms with Crippen molar-refractivity contribution in [1.82, 2.24) is 15.5 Å². The highest BCUT2D eigenvalue weighted by atomic mass is 16.2. The number of para-hydroxylation sites is 1. The minimum absolute atomic E-state index is 0.0937. The van der Waals surface area contributed by atoms with E-state index in [0.29, 0.717) is 19.1 Å². The number of benzene rings is 1. The third-order valence-electron chi connectivity index (χ3n) is 4.35. The normalized spacial score (nSPS) is 19.2. The predicted octanol–water partition coefficient (Wildman–Crippen LogP) is 1.19. The van der Waals surface area contributed by atoms with Crippen LogP contribution in [0, 0.1) is 0 Å². The van der Waals surface area contributed by atoms with E-state index in [9.17, 15) is 9.59 Å². The number of rotatable bonds is 4. The lowest BCUT2D eigenvalue weighted by atomic mass is 10.2. The summed E-state index contributed by atoms with van der Waals surface area (Å²) >= 11 is 0. The number of carbonyl (C=O) groups is 2. The first kappa shape index (κ1) is 15.6. The molecule has 1 aliphatic carbocycles. The van der Waals surface area contributed by atoms with E-state index in [0.717, 1.165) is 25.9 Å². The quantitative estimate of drug-likeness (QED) is 0.877. The average molecular weight is 316 g/mol. The molecule has 0 bridgehead atoms. The van der Waals surface area contributed by atoms with Crippen LogP contribution in [0.25, 0.3) is 0 Å². The molecular weight excluding hydrogens is 292 g/mol. The Morgan fingerprint density at radius 1 is 1.09 bits per heavy atom. The van der Waals surface area contributed by atoms with Gasteiger partial charge in [-0.15, -0.1) is 0 Å². The number of hydrogen-bond donors (Lipinski definition) is 2. The SMILES string of the molecule is C[C@@H](NC(=O)N1CCN(c2ccccc2)CC1)C(=O)NC1CC1. The van der Waals surface area contributed by atoms with Gasteiger partial charge < -0.3 is 20.4 Å². The van der Waals surface area contributed by atoms with E-state index in [-0.39, 0.29) is 11.9 Å². The fourth-order valence-electron chi connectivity index (χ4n) is 2.70. The van der Waals surface area contributed by atoms with Crippen molar-refractivity contribution >= 4 is 17.6 Å². The van der Waals surface area contributed by atoms with E-state index in [2.05, 4.69) is 27.7 Å². The van der Waals surface area contributed by atoms with Gasteiger partial charge in [-0.25, -0.2) is 4.79 Å². The molecule has 3 rings (SSSR count). The lowest BCUT2D eigenvalue weighted by Gasteiger charge is -2.36. The van der Waals surface area contributed by atoms with E-state index in [1.165, 1.54) is 5.69 Å². The third-order valence-corrected chi connectivity index (χ3v) is 4.35. The molecule has 2 N–H and O–H groups in total. The summed E-state index contributed by atoms with van der Waals surface area (Å²) in [6.45, 7) is 4.67. The zero-order valence-corrected chi connectivity index (χ0v) is 13.5. The van der Waals surface area contributed by atoms with Crippen molar-refractivity contribution in [3.63, 3.8) is 0 Å². The van der Waals surface area contributed by atoms with Gasteiger partial charge in [0.15, 0.2) is 0 Å². The van der Waals surface area contributed by atoms with Crippen LogP contribution in [0.1, 0.15) is 19.8 Å². The zero-order valence-electron chi connectivity index (χ0n) is 13.5. The average Bonchev–Trinajstić information content (AvgIpc) is 3.39. The number of carbonyl (C=O) groups excluding carboxylic acids is 2. The molecule has 1 aromatic rings. The van der Waals surface area contributed by atoms with Gasteiger partial charge in [-0.1, -0.05) is 18.2 Å². The molecule has 1 saturated heterocycles. The summed E-state index contributed by atoms with van der Waals surface area (Å²) in [5.74, 6) is -0.0937. The lowest BCUT2D eigenvalue weighted by molar-refractivity contribution is -0.122. The first-order valence-corrected chi connectivity index (χ1v) is 8.29. The number of hydrogen-bond acceptors (Lipinski definition) is 3. The molecule has 2 fully saturated rings. The van der Waals surface area contributed by atoms with Gasteiger partial charge in [0, 0.05) is 37.9 Å². The van der Waals surface area contributed by atoms with Gasteiger partial charge in [-0.3, -0.25) is 4.79 Å². The Balaban J connectivity index is 1.45. The van der Waals surface area contributed by atoms with Crippen molar-refractivity contribution < 1.29 is 9.59 Å². The Morgan fingerprint density at radius 3 is 2.35 bits per heavy atom. The Hall–Kier alpha value is -2.24. The van der Waals surface area contributed by atoms with Gasteiger partial charge in [0.25, 0.3) is 0 Å². The molecular formula is C17H24N4O2. The fourth-order valence-corrected chi connectivity index (χ4v) is 2.70. The van der Waals surface area contributed by atoms with Gasteiger partial charge in [0.05, 0.1) is 0 Å². The van der Waals surface area contributed by atoms with E-state index in [4.69, 9.17) is 0 Å². The van der Waals surface area contributed by atoms with Gasteiger partial charge in [0.1, 0.15) is 6.04 Å². The summed E-state index contributed by atoms with van der Waals surface area (Å²) in [6.07, 6.45) is 2.10. The van der Waals surface area contributed by atoms with E-state index >= 15 is 0 Å². The molecule has 124 valence electrons. The molecule has 0 spiro atoms. The first-order chi connectivity index (χ1) is 11.1. The summed E-state index contributed by atoms with van der Waals surface area (Å²) in [5, 5.41) is 5.70. The summed E-state index contributed by atoms with van der Waals surface area (Å²) in [5.41, 5.74) is 1.18. The lowest BCUT2D eigenvalue weighted by Crippen LogP contribution is -2.55. The molecule has 2 aliphatic rings. The van der Waals surface area contributed by atoms with Crippen molar-refractivity contribution in [3.05, 3.63) is 30.3 Å². The molecule has 0 aromatic heterocycles. The number of amides is 3. The zero-order chi connectivity index (χ0) is 16.2. The van der Waals surface area contributed by atoms with E-state index < -0.39 is 6.04 Å². The number of nitrogens with zero attached hydrogens (tertiary/aromatic N) is 2. The highest BCUT2D eigenvalue weighted by Crippen LogP contribution is 2.18. The maximum absolute atomic E-state index is 12.3. The summed E-state index contributed by atoms with van der Waals surface area (Å²) in [4.78, 5) is 28.2. The second kappa shape index (κ2) is 6.89. The molecule has 1 aromatic carbocycles. The van der Waals surface area contributed by atoms with Gasteiger partial charge >= 0.3 is 6.03 Å². The number of urea groups is 1. The predicted molar refractivity (Wildman–Crippen MR) is 89.4 cm³/mol. The Kier molecular flexibility index (Phi) is 4.69. The van der Waals surface area contributed by atoms with Gasteiger partial charge in [-0.2, -0.15) is 0 Å². The number of piperazine rings is 1. The summed E-state index contributed by atoms with van der Waals surface area (Å²) in [7, 11) is 0. The van der Waals surface area contributed by atoms with Crippen molar-refractivity contribution in [2.75, 3.05) is 31.1 Å². The maximum atomic E-state index is 12.3. The van der Waals surface area contributed by atoms with Crippen molar-refractivity contribution in [3.8, 4) is 0 Å². The highest BCUT2D eigenvalue weighted by Gasteiger charge is 2.28. The fraction of sp³-hybridized carbons (Fsp3) is 0.529. The molecule has 6 heteroatoms. The highest BCUT2D eigenvalue weighted by molar-refractivity contribution is 5.87. The van der Waals surface area contributed by atoms with Crippen LogP contribution in [0.3, 0.4) is 0 Å². The summed E-state index contributed by atoms with van der Waals surface area (Å²) in [6, 6.07) is 9.88. The topological polar surface area (TPSA) is 64.7 Å².